The predicted molar refractivity (Wildman–Crippen MR) is 190 cm³/mol. The Morgan fingerprint density at radius 3 is 1.60 bits per heavy atom. The lowest BCUT2D eigenvalue weighted by Crippen LogP contribution is -2.19. The monoisotopic (exact) mass is 622 g/mol. The molecule has 4 heterocycles. The molecule has 2 saturated heterocycles. The van der Waals surface area contributed by atoms with Crippen molar-refractivity contribution in [1.82, 2.24) is 30.6 Å². The fraction of sp³-hybridized carbons (Fsp3) is 0.415. The van der Waals surface area contributed by atoms with Gasteiger partial charge in [-0.3, -0.25) is 0 Å². The van der Waals surface area contributed by atoms with Crippen molar-refractivity contribution >= 4 is 0 Å². The van der Waals surface area contributed by atoms with E-state index in [1.54, 1.807) is 11.1 Å². The van der Waals surface area contributed by atoms with Gasteiger partial charge in [0.2, 0.25) is 0 Å². The number of rotatable bonds is 6. The van der Waals surface area contributed by atoms with E-state index in [1.165, 1.54) is 71.9 Å². The minimum atomic E-state index is 0.321. The third kappa shape index (κ3) is 5.17. The van der Waals surface area contributed by atoms with Gasteiger partial charge in [-0.25, -0.2) is 9.97 Å². The van der Waals surface area contributed by atoms with E-state index >= 15 is 0 Å². The Morgan fingerprint density at radius 2 is 1.09 bits per heavy atom. The van der Waals surface area contributed by atoms with Gasteiger partial charge in [0.1, 0.15) is 11.6 Å². The topological polar surface area (TPSA) is 81.4 Å². The van der Waals surface area contributed by atoms with Gasteiger partial charge in [-0.15, -0.1) is 0 Å². The molecule has 0 bridgehead atoms. The molecule has 0 unspecified atom stereocenters. The van der Waals surface area contributed by atoms with Gasteiger partial charge < -0.3 is 20.6 Å². The first-order chi connectivity index (χ1) is 23.0. The highest BCUT2D eigenvalue weighted by molar-refractivity contribution is 5.81. The summed E-state index contributed by atoms with van der Waals surface area (Å²) in [6.07, 6.45) is 14.0. The fourth-order valence-corrected chi connectivity index (χ4v) is 9.29. The van der Waals surface area contributed by atoms with Crippen molar-refractivity contribution in [3.05, 3.63) is 95.8 Å². The molecular formula is C41H46N6. The maximum absolute atomic E-state index is 4.74. The number of fused-ring (bicyclic) bond motifs is 2. The highest BCUT2D eigenvalue weighted by Crippen LogP contribution is 2.55. The van der Waals surface area contributed by atoms with Crippen LogP contribution in [0.2, 0.25) is 0 Å². The summed E-state index contributed by atoms with van der Waals surface area (Å²) in [6, 6.07) is 23.8. The van der Waals surface area contributed by atoms with Crippen LogP contribution in [0.5, 0.6) is 0 Å². The molecule has 1 saturated carbocycles. The highest BCUT2D eigenvalue weighted by Gasteiger charge is 2.43. The van der Waals surface area contributed by atoms with E-state index in [1.807, 2.05) is 12.4 Å². The second-order valence-corrected chi connectivity index (χ2v) is 15.1. The van der Waals surface area contributed by atoms with Crippen molar-refractivity contribution in [2.45, 2.75) is 82.7 Å². The number of hydrogen-bond donors (Lipinski definition) is 4. The molecule has 4 atom stereocenters. The van der Waals surface area contributed by atoms with E-state index in [2.05, 4.69) is 95.1 Å². The molecule has 6 nitrogen and oxygen atoms in total. The van der Waals surface area contributed by atoms with E-state index in [0.717, 1.165) is 49.0 Å². The molecule has 2 aromatic heterocycles. The van der Waals surface area contributed by atoms with E-state index in [4.69, 9.17) is 9.97 Å². The Bertz CT molecular complexity index is 1890. The molecule has 4 aliphatic rings. The zero-order chi connectivity index (χ0) is 31.5. The van der Waals surface area contributed by atoms with E-state index in [9.17, 15) is 0 Å². The Labute approximate surface area is 278 Å². The van der Waals surface area contributed by atoms with Gasteiger partial charge in [-0.2, -0.15) is 0 Å². The minimum absolute atomic E-state index is 0.321. The van der Waals surface area contributed by atoms with Crippen LogP contribution in [0.25, 0.3) is 44.8 Å². The standard InChI is InChI=1S/C41H46N6/c1-25-19-34(42-21-25)39-44-23-36(46-39)29-9-5-27(6-10-29)31-13-14-32(38-33(31)15-18-41(38)16-3-4-17-41)28-7-11-30(12-8-28)37-24-45-40(47-37)35-20-26(2)22-43-35/h5-14,23-26,34-35,42-43H,3-4,15-22H2,1-2H3,(H,44,46)(H,45,47)/t25-,26-,34-,35-/m0/s1. The van der Waals surface area contributed by atoms with Crippen molar-refractivity contribution in [2.24, 2.45) is 11.8 Å². The molecule has 5 aromatic rings. The molecule has 0 amide bonds. The normalized spacial score (nSPS) is 24.8. The number of nitrogens with zero attached hydrogens (tertiary/aromatic N) is 2. The summed E-state index contributed by atoms with van der Waals surface area (Å²) in [5.74, 6) is 3.51. The van der Waals surface area contributed by atoms with Crippen molar-refractivity contribution in [2.75, 3.05) is 13.1 Å². The Morgan fingerprint density at radius 1 is 0.596 bits per heavy atom. The number of imidazole rings is 2. The second-order valence-electron chi connectivity index (χ2n) is 15.1. The lowest BCUT2D eigenvalue weighted by Gasteiger charge is -2.28. The van der Waals surface area contributed by atoms with E-state index < -0.39 is 0 Å². The molecule has 4 N–H and O–H groups in total. The van der Waals surface area contributed by atoms with Gasteiger partial charge in [0, 0.05) is 0 Å². The molecule has 2 aliphatic heterocycles. The average molecular weight is 623 g/mol. The number of nitrogens with one attached hydrogen (secondary N) is 4. The molecule has 47 heavy (non-hydrogen) atoms. The van der Waals surface area contributed by atoms with E-state index in [-0.39, 0.29) is 0 Å². The summed E-state index contributed by atoms with van der Waals surface area (Å²) in [5, 5.41) is 7.20. The van der Waals surface area contributed by atoms with Gasteiger partial charge in [0.05, 0.1) is 35.9 Å². The van der Waals surface area contributed by atoms with Crippen molar-refractivity contribution in [1.29, 1.82) is 0 Å². The summed E-state index contributed by atoms with van der Waals surface area (Å²) in [5.41, 5.74) is 13.6. The summed E-state index contributed by atoms with van der Waals surface area (Å²) >= 11 is 0. The molecule has 240 valence electrons. The first kappa shape index (κ1) is 29.2. The number of H-pyrrole nitrogens is 2. The van der Waals surface area contributed by atoms with Gasteiger partial charge in [0.25, 0.3) is 0 Å². The van der Waals surface area contributed by atoms with Crippen molar-refractivity contribution in [3.8, 4) is 44.8 Å². The SMILES string of the molecule is C[C@@H]1CN[C@H](c2ncc(-c3ccc(-c4ccc(-c5ccc(-c6cnc([C@@H]7C[C@H](C)CN7)[nH]6)cc5)c5c4CCC54CCCC4)cc3)[nH]2)C1. The van der Waals surface area contributed by atoms with Crippen molar-refractivity contribution < 1.29 is 0 Å². The predicted octanol–water partition coefficient (Wildman–Crippen LogP) is 8.90. The smallest absolute Gasteiger partial charge is 0.123 e. The Hall–Kier alpha value is -4.00. The van der Waals surface area contributed by atoms with Crippen LogP contribution in [-0.2, 0) is 11.8 Å². The van der Waals surface area contributed by atoms with Crippen LogP contribution < -0.4 is 10.6 Å². The summed E-state index contributed by atoms with van der Waals surface area (Å²) in [6.45, 7) is 6.73. The Balaban J connectivity index is 1.01. The van der Waals surface area contributed by atoms with Gasteiger partial charge in [-0.05, 0) is 113 Å². The molecule has 2 aliphatic carbocycles. The summed E-state index contributed by atoms with van der Waals surface area (Å²) in [4.78, 5) is 16.7. The third-order valence-electron chi connectivity index (χ3n) is 11.8. The zero-order valence-corrected chi connectivity index (χ0v) is 27.7. The number of benzene rings is 3. The van der Waals surface area contributed by atoms with Crippen LogP contribution in [0, 0.1) is 11.8 Å². The summed E-state index contributed by atoms with van der Waals surface area (Å²) < 4.78 is 0. The van der Waals surface area contributed by atoms with E-state index in [0.29, 0.717) is 29.3 Å². The first-order valence-corrected chi connectivity index (χ1v) is 18.0. The number of hydrogen-bond acceptors (Lipinski definition) is 4. The lowest BCUT2D eigenvalue weighted by molar-refractivity contribution is 0.440. The van der Waals surface area contributed by atoms with Crippen LogP contribution in [0.3, 0.4) is 0 Å². The van der Waals surface area contributed by atoms with Crippen molar-refractivity contribution in [3.63, 3.8) is 0 Å². The molecule has 9 rings (SSSR count). The maximum atomic E-state index is 4.74. The Kier molecular flexibility index (Phi) is 7.20. The van der Waals surface area contributed by atoms with Crippen LogP contribution >= 0.6 is 0 Å². The zero-order valence-electron chi connectivity index (χ0n) is 27.7. The number of aromatic amines is 2. The minimum Gasteiger partial charge on any atom is -0.341 e. The quantitative estimate of drug-likeness (QED) is 0.152. The highest BCUT2D eigenvalue weighted by atomic mass is 15.1. The number of aromatic nitrogens is 4. The molecular weight excluding hydrogens is 576 g/mol. The molecule has 0 radical (unpaired) electrons. The second kappa shape index (κ2) is 11.6. The molecule has 1 spiro atoms. The molecule has 3 aromatic carbocycles. The first-order valence-electron chi connectivity index (χ1n) is 18.0. The largest absolute Gasteiger partial charge is 0.341 e. The van der Waals surface area contributed by atoms with Crippen LogP contribution in [0.1, 0.15) is 93.7 Å². The van der Waals surface area contributed by atoms with Gasteiger partial charge in [-0.1, -0.05) is 87.4 Å². The van der Waals surface area contributed by atoms with Gasteiger partial charge >= 0.3 is 0 Å². The maximum Gasteiger partial charge on any atom is 0.123 e. The summed E-state index contributed by atoms with van der Waals surface area (Å²) in [7, 11) is 0. The fourth-order valence-electron chi connectivity index (χ4n) is 9.29. The average Bonchev–Trinajstić information content (AvgIpc) is 3.95. The molecule has 6 heteroatoms. The van der Waals surface area contributed by atoms with Crippen LogP contribution in [0.15, 0.2) is 73.1 Å². The van der Waals surface area contributed by atoms with Gasteiger partial charge in [0.15, 0.2) is 0 Å². The third-order valence-corrected chi connectivity index (χ3v) is 11.8. The van der Waals surface area contributed by atoms with Crippen LogP contribution in [-0.4, -0.2) is 33.0 Å². The lowest BCUT2D eigenvalue weighted by atomic mass is 9.76. The molecule has 3 fully saturated rings. The van der Waals surface area contributed by atoms with Crippen LogP contribution in [0.4, 0.5) is 0 Å².